The van der Waals surface area contributed by atoms with Crippen molar-refractivity contribution in [2.24, 2.45) is 0 Å². The molecule has 0 heterocycles. The van der Waals surface area contributed by atoms with Crippen molar-refractivity contribution in [3.05, 3.63) is 12.0 Å². The Morgan fingerprint density at radius 2 is 1.55 bits per heavy atom. The summed E-state index contributed by atoms with van der Waals surface area (Å²) in [5, 5.41) is 1.07. The van der Waals surface area contributed by atoms with E-state index in [0.717, 1.165) is 5.38 Å². The Morgan fingerprint density at radius 3 is 1.64 bits per heavy atom. The van der Waals surface area contributed by atoms with Crippen LogP contribution in [-0.4, -0.2) is 15.2 Å². The van der Waals surface area contributed by atoms with Gasteiger partial charge in [0.05, 0.1) is 12.5 Å². The smallest absolute Gasteiger partial charge is 0.129 e. The molecule has 0 aliphatic heterocycles. The third-order valence-electron chi connectivity index (χ3n) is 2.87. The van der Waals surface area contributed by atoms with Gasteiger partial charge in [0.1, 0.15) is 8.07 Å². The van der Waals surface area contributed by atoms with Gasteiger partial charge in [-0.2, -0.15) is 0 Å². The van der Waals surface area contributed by atoms with Gasteiger partial charge in [-0.15, -0.1) is 0 Å². The molecule has 0 saturated carbocycles. The van der Waals surface area contributed by atoms with E-state index in [2.05, 4.69) is 27.4 Å². The molecule has 0 bridgehead atoms. The predicted octanol–water partition coefficient (Wildman–Crippen LogP) is 3.19. The molecular weight excluding hydrogens is 152 g/mol. The van der Waals surface area contributed by atoms with E-state index in [1.165, 1.54) is 18.1 Å². The third kappa shape index (κ3) is 2.09. The monoisotopic (exact) mass is 172 g/mol. The second kappa shape index (κ2) is 4.60. The summed E-state index contributed by atoms with van der Waals surface area (Å²) in [6.45, 7) is 10.8. The summed E-state index contributed by atoms with van der Waals surface area (Å²) in [6.07, 6.45) is 0. The molecule has 0 aromatic rings. The predicted molar refractivity (Wildman–Crippen MR) is 53.3 cm³/mol. The van der Waals surface area contributed by atoms with E-state index < -0.39 is 8.07 Å². The second-order valence-corrected chi connectivity index (χ2v) is 8.21. The van der Waals surface area contributed by atoms with Crippen molar-refractivity contribution in [3.8, 4) is 0 Å². The van der Waals surface area contributed by atoms with Crippen LogP contribution in [0.1, 0.15) is 20.8 Å². The Balaban J connectivity index is 4.39. The van der Waals surface area contributed by atoms with Crippen LogP contribution in [0.15, 0.2) is 12.0 Å². The van der Waals surface area contributed by atoms with Crippen molar-refractivity contribution in [1.29, 1.82) is 0 Å². The molecule has 0 aliphatic carbocycles. The van der Waals surface area contributed by atoms with E-state index in [9.17, 15) is 0 Å². The molecule has 66 valence electrons. The van der Waals surface area contributed by atoms with Gasteiger partial charge in [0.2, 0.25) is 0 Å². The lowest BCUT2D eigenvalue weighted by Crippen LogP contribution is -2.34. The Bertz CT molecular complexity index is 119. The lowest BCUT2D eigenvalue weighted by Gasteiger charge is -2.28. The minimum Gasteiger partial charge on any atom is -0.507 e. The SMILES string of the molecule is C=C(OC)[Si](CC)(CC)CC. The minimum atomic E-state index is -1.24. The normalized spacial score (nSPS) is 11.3. The summed E-state index contributed by atoms with van der Waals surface area (Å²) in [7, 11) is 0.504. The molecule has 0 aromatic carbocycles. The first kappa shape index (κ1) is 10.8. The molecule has 0 N–H and O–H groups in total. The fraction of sp³-hybridized carbons (Fsp3) is 0.778. The summed E-state index contributed by atoms with van der Waals surface area (Å²) in [6, 6.07) is 3.77. The Labute approximate surface area is 71.5 Å². The van der Waals surface area contributed by atoms with E-state index in [4.69, 9.17) is 4.74 Å². The molecule has 0 amide bonds. The van der Waals surface area contributed by atoms with Crippen molar-refractivity contribution in [2.45, 2.75) is 38.9 Å². The Morgan fingerprint density at radius 1 is 1.18 bits per heavy atom. The third-order valence-corrected chi connectivity index (χ3v) is 8.32. The zero-order valence-corrected chi connectivity index (χ0v) is 9.24. The standard InChI is InChI=1S/C9H20OSi/c1-6-11(7-2,8-3)9(4)10-5/h4,6-8H2,1-3,5H3. The van der Waals surface area contributed by atoms with Gasteiger partial charge in [0, 0.05) is 0 Å². The van der Waals surface area contributed by atoms with Crippen LogP contribution in [0.2, 0.25) is 18.1 Å². The highest BCUT2D eigenvalue weighted by molar-refractivity contribution is 6.85. The van der Waals surface area contributed by atoms with Gasteiger partial charge in [-0.3, -0.25) is 0 Å². The lowest BCUT2D eigenvalue weighted by molar-refractivity contribution is 0.316. The van der Waals surface area contributed by atoms with E-state index in [-0.39, 0.29) is 0 Å². The molecule has 0 aromatic heterocycles. The van der Waals surface area contributed by atoms with Crippen LogP contribution in [0.25, 0.3) is 0 Å². The van der Waals surface area contributed by atoms with Crippen LogP contribution in [0.5, 0.6) is 0 Å². The van der Waals surface area contributed by atoms with Crippen LogP contribution < -0.4 is 0 Å². The topological polar surface area (TPSA) is 9.23 Å². The van der Waals surface area contributed by atoms with Gasteiger partial charge in [0.25, 0.3) is 0 Å². The molecule has 0 rings (SSSR count). The maximum Gasteiger partial charge on any atom is 0.129 e. The summed E-state index contributed by atoms with van der Waals surface area (Å²) < 4.78 is 5.26. The van der Waals surface area contributed by atoms with E-state index in [1.54, 1.807) is 7.11 Å². The van der Waals surface area contributed by atoms with E-state index >= 15 is 0 Å². The molecule has 0 spiro atoms. The average Bonchev–Trinajstić information content (AvgIpc) is 2.08. The molecular formula is C9H20OSi. The van der Waals surface area contributed by atoms with Crippen molar-refractivity contribution in [2.75, 3.05) is 7.11 Å². The molecule has 0 fully saturated rings. The quantitative estimate of drug-likeness (QED) is 0.457. The first-order valence-corrected chi connectivity index (χ1v) is 7.02. The van der Waals surface area contributed by atoms with Crippen molar-refractivity contribution < 1.29 is 4.74 Å². The summed E-state index contributed by atoms with van der Waals surface area (Å²) in [4.78, 5) is 0. The summed E-state index contributed by atoms with van der Waals surface area (Å²) in [5.74, 6) is 0. The zero-order valence-electron chi connectivity index (χ0n) is 8.24. The highest BCUT2D eigenvalue weighted by Crippen LogP contribution is 2.27. The largest absolute Gasteiger partial charge is 0.507 e. The van der Waals surface area contributed by atoms with Crippen LogP contribution in [0.3, 0.4) is 0 Å². The van der Waals surface area contributed by atoms with Crippen LogP contribution in [-0.2, 0) is 4.74 Å². The minimum absolute atomic E-state index is 1.07. The van der Waals surface area contributed by atoms with E-state index in [0.29, 0.717) is 0 Å². The molecule has 0 aliphatic rings. The molecule has 1 nitrogen and oxygen atoms in total. The molecule has 11 heavy (non-hydrogen) atoms. The zero-order chi connectivity index (χ0) is 8.91. The fourth-order valence-electron chi connectivity index (χ4n) is 1.56. The van der Waals surface area contributed by atoms with Gasteiger partial charge >= 0.3 is 0 Å². The number of methoxy groups -OCH3 is 1. The van der Waals surface area contributed by atoms with Crippen LogP contribution in [0, 0.1) is 0 Å². The van der Waals surface area contributed by atoms with Gasteiger partial charge < -0.3 is 4.74 Å². The number of hydrogen-bond acceptors (Lipinski definition) is 1. The van der Waals surface area contributed by atoms with Gasteiger partial charge in [-0.25, -0.2) is 0 Å². The van der Waals surface area contributed by atoms with Gasteiger partial charge in [-0.05, 0) is 0 Å². The highest BCUT2D eigenvalue weighted by atomic mass is 28.3. The lowest BCUT2D eigenvalue weighted by atomic mass is 10.9. The molecule has 0 saturated heterocycles. The van der Waals surface area contributed by atoms with Gasteiger partial charge in [-0.1, -0.05) is 45.5 Å². The number of rotatable bonds is 5. The maximum absolute atomic E-state index is 5.26. The van der Waals surface area contributed by atoms with Crippen molar-refractivity contribution in [3.63, 3.8) is 0 Å². The first-order chi connectivity index (χ1) is 5.16. The second-order valence-electron chi connectivity index (χ2n) is 2.97. The molecule has 0 atom stereocenters. The molecule has 0 unspecified atom stereocenters. The average molecular weight is 172 g/mol. The highest BCUT2D eigenvalue weighted by Gasteiger charge is 2.31. The van der Waals surface area contributed by atoms with Gasteiger partial charge in [0.15, 0.2) is 0 Å². The Hall–Kier alpha value is -0.243. The Kier molecular flexibility index (Phi) is 4.50. The summed E-state index contributed by atoms with van der Waals surface area (Å²) in [5.41, 5.74) is 0. The number of ether oxygens (including phenoxy) is 1. The number of hydrogen-bond donors (Lipinski definition) is 0. The van der Waals surface area contributed by atoms with E-state index in [1.807, 2.05) is 0 Å². The first-order valence-electron chi connectivity index (χ1n) is 4.40. The fourth-order valence-corrected chi connectivity index (χ4v) is 4.67. The van der Waals surface area contributed by atoms with Crippen molar-refractivity contribution >= 4 is 8.07 Å². The molecule has 0 radical (unpaired) electrons. The molecule has 2 heteroatoms. The van der Waals surface area contributed by atoms with Crippen molar-refractivity contribution in [1.82, 2.24) is 0 Å². The van der Waals surface area contributed by atoms with Crippen LogP contribution >= 0.6 is 0 Å². The maximum atomic E-state index is 5.26. The summed E-state index contributed by atoms with van der Waals surface area (Å²) >= 11 is 0. The van der Waals surface area contributed by atoms with Crippen LogP contribution in [0.4, 0.5) is 0 Å².